The van der Waals surface area contributed by atoms with E-state index in [9.17, 15) is 9.50 Å². The van der Waals surface area contributed by atoms with E-state index >= 15 is 0 Å². The topological polar surface area (TPSA) is 77.9 Å². The first kappa shape index (κ1) is 13.1. The Bertz CT molecular complexity index is 822. The smallest absolute Gasteiger partial charge is 0.149 e. The first-order chi connectivity index (χ1) is 10.7. The monoisotopic (exact) mass is 299 g/mol. The van der Waals surface area contributed by atoms with Gasteiger partial charge in [0.2, 0.25) is 0 Å². The lowest BCUT2D eigenvalue weighted by Gasteiger charge is -2.23. The number of anilines is 1. The van der Waals surface area contributed by atoms with Crippen LogP contribution in [0, 0.1) is 5.82 Å². The fourth-order valence-electron chi connectivity index (χ4n) is 3.00. The second kappa shape index (κ2) is 4.74. The zero-order valence-corrected chi connectivity index (χ0v) is 11.7. The zero-order chi connectivity index (χ0) is 15.2. The maximum Gasteiger partial charge on any atom is 0.149 e. The molecule has 0 amide bonds. The Hall–Kier alpha value is -2.54. The lowest BCUT2D eigenvalue weighted by molar-refractivity contribution is 0.0560. The minimum atomic E-state index is -0.999. The molecule has 0 spiro atoms. The van der Waals surface area contributed by atoms with Gasteiger partial charge in [0.15, 0.2) is 0 Å². The molecule has 22 heavy (non-hydrogen) atoms. The first-order valence-electron chi connectivity index (χ1n) is 7.04. The number of β-amino-alcohol motifs (C(OH)–C–C–N with tert-alkyl or cyclic N) is 1. The molecule has 1 saturated heterocycles. The third-order valence-electron chi connectivity index (χ3n) is 4.14. The molecule has 1 aromatic carbocycles. The van der Waals surface area contributed by atoms with E-state index in [-0.39, 0.29) is 5.82 Å². The van der Waals surface area contributed by atoms with Crippen molar-refractivity contribution >= 4 is 16.7 Å². The highest BCUT2D eigenvalue weighted by molar-refractivity contribution is 5.89. The number of aliphatic hydroxyl groups is 1. The molecule has 1 fully saturated rings. The molecule has 3 aromatic rings. The lowest BCUT2D eigenvalue weighted by atomic mass is 9.99. The van der Waals surface area contributed by atoms with Gasteiger partial charge in [-0.1, -0.05) is 6.07 Å². The maximum absolute atomic E-state index is 13.9. The Labute approximate surface area is 125 Å². The summed E-state index contributed by atoms with van der Waals surface area (Å²) in [7, 11) is 0. The third-order valence-corrected chi connectivity index (χ3v) is 4.14. The summed E-state index contributed by atoms with van der Waals surface area (Å²) in [5.41, 5.74) is -0.0230. The van der Waals surface area contributed by atoms with Gasteiger partial charge in [0.1, 0.15) is 29.1 Å². The van der Waals surface area contributed by atoms with Crippen LogP contribution in [0.1, 0.15) is 12.1 Å². The zero-order valence-electron chi connectivity index (χ0n) is 11.7. The number of nitrogens with one attached hydrogen (secondary N) is 1. The summed E-state index contributed by atoms with van der Waals surface area (Å²) in [6, 6.07) is 6.58. The predicted molar refractivity (Wildman–Crippen MR) is 78.8 cm³/mol. The van der Waals surface area contributed by atoms with E-state index in [4.69, 9.17) is 0 Å². The van der Waals surface area contributed by atoms with Gasteiger partial charge < -0.3 is 10.0 Å². The fourth-order valence-corrected chi connectivity index (χ4v) is 3.00. The SMILES string of the molecule is OC1(c2ccn[nH]2)CCN(c2ncnc3c(F)cccc23)C1. The summed E-state index contributed by atoms with van der Waals surface area (Å²) in [6.07, 6.45) is 3.52. The predicted octanol–water partition coefficient (Wildman–Crippen LogP) is 1.59. The van der Waals surface area contributed by atoms with Crippen LogP contribution >= 0.6 is 0 Å². The van der Waals surface area contributed by atoms with Crippen molar-refractivity contribution in [3.8, 4) is 0 Å². The van der Waals surface area contributed by atoms with Crippen LogP contribution in [0.5, 0.6) is 0 Å². The maximum atomic E-state index is 13.9. The highest BCUT2D eigenvalue weighted by Crippen LogP contribution is 2.35. The number of para-hydroxylation sites is 1. The van der Waals surface area contributed by atoms with Crippen molar-refractivity contribution in [2.24, 2.45) is 0 Å². The van der Waals surface area contributed by atoms with Gasteiger partial charge in [-0.15, -0.1) is 0 Å². The largest absolute Gasteiger partial charge is 0.382 e. The molecule has 1 aliphatic rings. The van der Waals surface area contributed by atoms with Gasteiger partial charge in [-0.3, -0.25) is 5.10 Å². The summed E-state index contributed by atoms with van der Waals surface area (Å²) in [5, 5.41) is 18.1. The van der Waals surface area contributed by atoms with E-state index in [1.807, 2.05) is 4.90 Å². The van der Waals surface area contributed by atoms with Crippen LogP contribution in [0.25, 0.3) is 10.9 Å². The molecule has 2 aromatic heterocycles. The Balaban J connectivity index is 1.74. The number of hydrogen-bond acceptors (Lipinski definition) is 5. The number of hydrogen-bond donors (Lipinski definition) is 2. The average Bonchev–Trinajstić information content (AvgIpc) is 3.18. The summed E-state index contributed by atoms with van der Waals surface area (Å²) >= 11 is 0. The lowest BCUT2D eigenvalue weighted by Crippen LogP contribution is -2.31. The Morgan fingerprint density at radius 3 is 3.00 bits per heavy atom. The number of nitrogens with zero attached hydrogens (tertiary/aromatic N) is 4. The minimum Gasteiger partial charge on any atom is -0.382 e. The van der Waals surface area contributed by atoms with Crippen molar-refractivity contribution in [3.63, 3.8) is 0 Å². The molecule has 4 rings (SSSR count). The van der Waals surface area contributed by atoms with E-state index in [0.29, 0.717) is 41.9 Å². The van der Waals surface area contributed by atoms with Crippen molar-refractivity contribution in [2.45, 2.75) is 12.0 Å². The van der Waals surface area contributed by atoms with Crippen molar-refractivity contribution in [1.29, 1.82) is 0 Å². The van der Waals surface area contributed by atoms with E-state index in [1.54, 1.807) is 24.4 Å². The fraction of sp³-hybridized carbons (Fsp3) is 0.267. The third kappa shape index (κ3) is 1.93. The molecule has 1 unspecified atom stereocenters. The molecule has 0 saturated carbocycles. The second-order valence-electron chi connectivity index (χ2n) is 5.51. The molecular formula is C15H14FN5O. The Morgan fingerprint density at radius 2 is 2.18 bits per heavy atom. The van der Waals surface area contributed by atoms with Crippen LogP contribution in [-0.2, 0) is 5.60 Å². The number of fused-ring (bicyclic) bond motifs is 1. The molecule has 7 heteroatoms. The van der Waals surface area contributed by atoms with Gasteiger partial charge in [-0.05, 0) is 18.2 Å². The van der Waals surface area contributed by atoms with E-state index in [2.05, 4.69) is 20.2 Å². The first-order valence-corrected chi connectivity index (χ1v) is 7.04. The van der Waals surface area contributed by atoms with Gasteiger partial charge in [-0.2, -0.15) is 5.10 Å². The molecule has 6 nitrogen and oxygen atoms in total. The molecule has 2 N–H and O–H groups in total. The van der Waals surface area contributed by atoms with Crippen LogP contribution in [0.15, 0.2) is 36.8 Å². The normalized spacial score (nSPS) is 21.6. The number of aromatic amines is 1. The summed E-state index contributed by atoms with van der Waals surface area (Å²) in [4.78, 5) is 10.2. The number of rotatable bonds is 2. The van der Waals surface area contributed by atoms with Crippen LogP contribution in [0.3, 0.4) is 0 Å². The van der Waals surface area contributed by atoms with Gasteiger partial charge in [0, 0.05) is 24.5 Å². The van der Waals surface area contributed by atoms with Crippen LogP contribution in [-0.4, -0.2) is 38.4 Å². The molecule has 1 aliphatic heterocycles. The number of halogens is 1. The standard InChI is InChI=1S/C15H14FN5O/c16-11-3-1-2-10-13(11)17-9-18-14(10)21-7-5-15(22,8-21)12-4-6-19-20-12/h1-4,6,9,22H,5,7-8H2,(H,19,20). The van der Waals surface area contributed by atoms with Crippen LogP contribution in [0.2, 0.25) is 0 Å². The van der Waals surface area contributed by atoms with Gasteiger partial charge >= 0.3 is 0 Å². The molecule has 0 aliphatic carbocycles. The number of aromatic nitrogens is 4. The number of H-pyrrole nitrogens is 1. The Morgan fingerprint density at radius 1 is 1.27 bits per heavy atom. The molecule has 3 heterocycles. The van der Waals surface area contributed by atoms with E-state index in [1.165, 1.54) is 12.4 Å². The van der Waals surface area contributed by atoms with Crippen molar-refractivity contribution in [1.82, 2.24) is 20.2 Å². The molecular weight excluding hydrogens is 285 g/mol. The van der Waals surface area contributed by atoms with Crippen molar-refractivity contribution in [3.05, 3.63) is 48.3 Å². The highest BCUT2D eigenvalue weighted by atomic mass is 19.1. The van der Waals surface area contributed by atoms with Crippen molar-refractivity contribution in [2.75, 3.05) is 18.0 Å². The summed E-state index contributed by atoms with van der Waals surface area (Å²) in [5.74, 6) is 0.268. The quantitative estimate of drug-likeness (QED) is 0.751. The molecule has 0 radical (unpaired) electrons. The van der Waals surface area contributed by atoms with Gasteiger partial charge in [0.25, 0.3) is 0 Å². The van der Waals surface area contributed by atoms with Crippen LogP contribution in [0.4, 0.5) is 10.2 Å². The highest BCUT2D eigenvalue weighted by Gasteiger charge is 2.39. The Kier molecular flexibility index (Phi) is 2.83. The number of benzene rings is 1. The molecule has 0 bridgehead atoms. The van der Waals surface area contributed by atoms with E-state index in [0.717, 1.165) is 0 Å². The van der Waals surface area contributed by atoms with Gasteiger partial charge in [0.05, 0.1) is 12.2 Å². The van der Waals surface area contributed by atoms with Crippen LogP contribution < -0.4 is 4.90 Å². The van der Waals surface area contributed by atoms with Gasteiger partial charge in [-0.25, -0.2) is 14.4 Å². The minimum absolute atomic E-state index is 0.296. The molecule has 112 valence electrons. The summed E-state index contributed by atoms with van der Waals surface area (Å²) in [6.45, 7) is 0.996. The second-order valence-corrected chi connectivity index (χ2v) is 5.51. The average molecular weight is 299 g/mol. The summed E-state index contributed by atoms with van der Waals surface area (Å²) < 4.78 is 13.9. The molecule has 1 atom stereocenters. The van der Waals surface area contributed by atoms with Crippen molar-refractivity contribution < 1.29 is 9.50 Å². The van der Waals surface area contributed by atoms with E-state index < -0.39 is 5.60 Å².